The second-order valence-corrected chi connectivity index (χ2v) is 7.10. The molecule has 128 valence electrons. The monoisotopic (exact) mass is 368 g/mol. The van der Waals surface area contributed by atoms with Crippen molar-refractivity contribution in [3.8, 4) is 0 Å². The fourth-order valence-electron chi connectivity index (χ4n) is 2.04. The van der Waals surface area contributed by atoms with E-state index in [2.05, 4.69) is 10.0 Å². The molecule has 0 aromatic heterocycles. The minimum atomic E-state index is -3.85. The number of rotatable bonds is 6. The molecule has 2 N–H and O–H groups in total. The van der Waals surface area contributed by atoms with Crippen molar-refractivity contribution >= 4 is 38.9 Å². The Morgan fingerprint density at radius 3 is 2.58 bits per heavy atom. The Morgan fingerprint density at radius 2 is 1.92 bits per heavy atom. The minimum Gasteiger partial charge on any atom is -0.375 e. The number of anilines is 2. The van der Waals surface area contributed by atoms with Gasteiger partial charge in [-0.25, -0.2) is 8.42 Å². The predicted molar refractivity (Wildman–Crippen MR) is 93.9 cm³/mol. The zero-order valence-electron chi connectivity index (χ0n) is 13.2. The number of carbonyl (C=O) groups is 1. The van der Waals surface area contributed by atoms with Gasteiger partial charge < -0.3 is 10.1 Å². The highest BCUT2D eigenvalue weighted by Crippen LogP contribution is 2.26. The number of benzene rings is 2. The molecule has 0 bridgehead atoms. The molecule has 0 spiro atoms. The van der Waals surface area contributed by atoms with Gasteiger partial charge in [0.25, 0.3) is 10.0 Å². The number of sulfonamides is 1. The Kier molecular flexibility index (Phi) is 5.82. The van der Waals surface area contributed by atoms with Crippen LogP contribution in [-0.2, 0) is 19.6 Å². The maximum absolute atomic E-state index is 12.6. The molecule has 0 radical (unpaired) electrons. The van der Waals surface area contributed by atoms with Crippen molar-refractivity contribution < 1.29 is 17.9 Å². The average Bonchev–Trinajstić information content (AvgIpc) is 2.51. The molecule has 2 rings (SSSR count). The second kappa shape index (κ2) is 7.65. The Morgan fingerprint density at radius 1 is 1.21 bits per heavy atom. The summed E-state index contributed by atoms with van der Waals surface area (Å²) < 4.78 is 32.4. The summed E-state index contributed by atoms with van der Waals surface area (Å²) in [5.41, 5.74) is 1.19. The first-order chi connectivity index (χ1) is 11.3. The first kappa shape index (κ1) is 18.3. The van der Waals surface area contributed by atoms with Crippen molar-refractivity contribution in [3.63, 3.8) is 0 Å². The van der Waals surface area contributed by atoms with E-state index in [-0.39, 0.29) is 23.1 Å². The Labute approximate surface area is 145 Å². The van der Waals surface area contributed by atoms with Crippen LogP contribution in [0.3, 0.4) is 0 Å². The molecule has 0 saturated carbocycles. The summed E-state index contributed by atoms with van der Waals surface area (Å²) in [5.74, 6) is -0.372. The molecule has 0 fully saturated rings. The van der Waals surface area contributed by atoms with Crippen LogP contribution in [0.15, 0.2) is 47.4 Å². The fourth-order valence-corrected chi connectivity index (χ4v) is 3.63. The third kappa shape index (κ3) is 4.47. The quantitative estimate of drug-likeness (QED) is 0.820. The van der Waals surface area contributed by atoms with Gasteiger partial charge in [-0.15, -0.1) is 0 Å². The van der Waals surface area contributed by atoms with E-state index >= 15 is 0 Å². The van der Waals surface area contributed by atoms with E-state index in [9.17, 15) is 13.2 Å². The highest BCUT2D eigenvalue weighted by molar-refractivity contribution is 7.92. The van der Waals surface area contributed by atoms with Crippen molar-refractivity contribution in [3.05, 3.63) is 53.1 Å². The third-order valence-corrected chi connectivity index (χ3v) is 4.99. The molecule has 0 aliphatic rings. The predicted octanol–water partition coefficient (Wildman–Crippen LogP) is 3.03. The molecule has 0 unspecified atom stereocenters. The molecule has 0 atom stereocenters. The van der Waals surface area contributed by atoms with Crippen molar-refractivity contribution in [1.82, 2.24) is 0 Å². The van der Waals surface area contributed by atoms with Crippen LogP contribution in [0, 0.1) is 6.92 Å². The molecule has 6 nitrogen and oxygen atoms in total. The Bertz CT molecular complexity index is 853. The Balaban J connectivity index is 2.32. The van der Waals surface area contributed by atoms with Crippen molar-refractivity contribution in [2.75, 3.05) is 23.8 Å². The summed E-state index contributed by atoms with van der Waals surface area (Å²) in [5, 5.41) is 2.87. The molecule has 2 aromatic rings. The molecule has 8 heteroatoms. The number of amides is 1. The Hall–Kier alpha value is -2.09. The zero-order chi connectivity index (χ0) is 17.7. The van der Waals surface area contributed by atoms with Gasteiger partial charge in [0.15, 0.2) is 0 Å². The molecule has 2 aromatic carbocycles. The molecular weight excluding hydrogens is 352 g/mol. The van der Waals surface area contributed by atoms with Crippen molar-refractivity contribution in [1.29, 1.82) is 0 Å². The lowest BCUT2D eigenvalue weighted by molar-refractivity contribution is -0.119. The lowest BCUT2D eigenvalue weighted by Crippen LogP contribution is -2.18. The van der Waals surface area contributed by atoms with E-state index in [1.54, 1.807) is 43.3 Å². The number of nitrogens with one attached hydrogen (secondary N) is 2. The number of hydrogen-bond donors (Lipinski definition) is 2. The maximum Gasteiger partial charge on any atom is 0.262 e. The van der Waals surface area contributed by atoms with Crippen LogP contribution in [0.2, 0.25) is 5.02 Å². The molecule has 0 aliphatic carbocycles. The van der Waals surface area contributed by atoms with Gasteiger partial charge in [-0.2, -0.15) is 0 Å². The molecule has 0 heterocycles. The summed E-state index contributed by atoms with van der Waals surface area (Å²) in [6.45, 7) is 1.55. The zero-order valence-corrected chi connectivity index (χ0v) is 14.7. The van der Waals surface area contributed by atoms with Crippen LogP contribution in [0.25, 0.3) is 0 Å². The van der Waals surface area contributed by atoms with Crippen LogP contribution in [0.1, 0.15) is 5.56 Å². The van der Waals surface area contributed by atoms with Gasteiger partial charge in [0.2, 0.25) is 5.91 Å². The SMILES string of the molecule is COCC(=O)Nc1ccc(C)c(S(=O)(=O)Nc2ccccc2Cl)c1. The standard InChI is InChI=1S/C16H17ClN2O4S/c1-11-7-8-12(18-16(20)10-23-2)9-15(11)24(21,22)19-14-6-4-3-5-13(14)17/h3-9,19H,10H2,1-2H3,(H,18,20). The van der Waals surface area contributed by atoms with Crippen LogP contribution < -0.4 is 10.0 Å². The number of carbonyl (C=O) groups excluding carboxylic acids is 1. The highest BCUT2D eigenvalue weighted by Gasteiger charge is 2.19. The molecule has 0 aliphatic heterocycles. The summed E-state index contributed by atoms with van der Waals surface area (Å²) in [6, 6.07) is 11.2. The van der Waals surface area contributed by atoms with E-state index in [0.717, 1.165) is 0 Å². The lowest BCUT2D eigenvalue weighted by atomic mass is 10.2. The van der Waals surface area contributed by atoms with Gasteiger partial charge in [0.05, 0.1) is 15.6 Å². The van der Waals surface area contributed by atoms with Crippen LogP contribution in [-0.4, -0.2) is 28.0 Å². The topological polar surface area (TPSA) is 84.5 Å². The summed E-state index contributed by atoms with van der Waals surface area (Å²) >= 11 is 5.99. The summed E-state index contributed by atoms with van der Waals surface area (Å²) in [6.07, 6.45) is 0. The number of aryl methyl sites for hydroxylation is 1. The van der Waals surface area contributed by atoms with Crippen molar-refractivity contribution in [2.24, 2.45) is 0 Å². The van der Waals surface area contributed by atoms with E-state index in [1.165, 1.54) is 13.2 Å². The van der Waals surface area contributed by atoms with Crippen LogP contribution in [0.4, 0.5) is 11.4 Å². The van der Waals surface area contributed by atoms with Gasteiger partial charge in [-0.1, -0.05) is 29.8 Å². The molecule has 24 heavy (non-hydrogen) atoms. The maximum atomic E-state index is 12.6. The second-order valence-electron chi connectivity index (χ2n) is 5.05. The first-order valence-corrected chi connectivity index (χ1v) is 8.86. The number of halogens is 1. The van der Waals surface area contributed by atoms with Gasteiger partial charge in [-0.3, -0.25) is 9.52 Å². The number of methoxy groups -OCH3 is 1. The molecule has 0 saturated heterocycles. The largest absolute Gasteiger partial charge is 0.375 e. The minimum absolute atomic E-state index is 0.0534. The molecular formula is C16H17ClN2O4S. The van der Waals surface area contributed by atoms with Gasteiger partial charge in [0.1, 0.15) is 6.61 Å². The lowest BCUT2D eigenvalue weighted by Gasteiger charge is -2.13. The van der Waals surface area contributed by atoms with Gasteiger partial charge in [-0.05, 0) is 36.8 Å². The average molecular weight is 369 g/mol. The fraction of sp³-hybridized carbons (Fsp3) is 0.188. The number of ether oxygens (including phenoxy) is 1. The first-order valence-electron chi connectivity index (χ1n) is 7.00. The van der Waals surface area contributed by atoms with E-state index in [4.69, 9.17) is 16.3 Å². The van der Waals surface area contributed by atoms with Gasteiger partial charge in [0, 0.05) is 12.8 Å². The number of hydrogen-bond acceptors (Lipinski definition) is 4. The highest BCUT2D eigenvalue weighted by atomic mass is 35.5. The van der Waals surface area contributed by atoms with Crippen molar-refractivity contribution in [2.45, 2.75) is 11.8 Å². The normalized spacial score (nSPS) is 11.1. The van der Waals surface area contributed by atoms with Gasteiger partial charge >= 0.3 is 0 Å². The van der Waals surface area contributed by atoms with E-state index in [1.807, 2.05) is 0 Å². The van der Waals surface area contributed by atoms with Crippen LogP contribution in [0.5, 0.6) is 0 Å². The molecule has 1 amide bonds. The number of para-hydroxylation sites is 1. The smallest absolute Gasteiger partial charge is 0.262 e. The van der Waals surface area contributed by atoms with E-state index in [0.29, 0.717) is 16.3 Å². The summed E-state index contributed by atoms with van der Waals surface area (Å²) in [7, 11) is -2.45. The summed E-state index contributed by atoms with van der Waals surface area (Å²) in [4.78, 5) is 11.6. The third-order valence-electron chi connectivity index (χ3n) is 3.16. The van der Waals surface area contributed by atoms with Crippen LogP contribution >= 0.6 is 11.6 Å². The van der Waals surface area contributed by atoms with E-state index < -0.39 is 10.0 Å².